The molecule has 0 amide bonds. The van der Waals surface area contributed by atoms with E-state index in [9.17, 15) is 4.39 Å². The van der Waals surface area contributed by atoms with Gasteiger partial charge in [0.25, 0.3) is 0 Å². The molecule has 0 unspecified atom stereocenters. The molecule has 1 aliphatic rings. The highest BCUT2D eigenvalue weighted by Crippen LogP contribution is 2.25. The fraction of sp³-hybridized carbons (Fsp3) is 0.263. The van der Waals surface area contributed by atoms with E-state index in [0.29, 0.717) is 9.99 Å². The highest BCUT2D eigenvalue weighted by Gasteiger charge is 2.18. The van der Waals surface area contributed by atoms with Crippen molar-refractivity contribution in [2.45, 2.75) is 6.54 Å². The molecule has 1 fully saturated rings. The van der Waals surface area contributed by atoms with Crippen LogP contribution >= 0.6 is 15.9 Å². The van der Waals surface area contributed by atoms with E-state index in [1.165, 1.54) is 6.07 Å². The lowest BCUT2D eigenvalue weighted by Gasteiger charge is -2.35. The van der Waals surface area contributed by atoms with Gasteiger partial charge >= 0.3 is 0 Å². The summed E-state index contributed by atoms with van der Waals surface area (Å²) in [6.07, 6.45) is 1.84. The van der Waals surface area contributed by atoms with Crippen LogP contribution in [0.2, 0.25) is 0 Å². The Morgan fingerprint density at radius 3 is 2.64 bits per heavy atom. The van der Waals surface area contributed by atoms with Gasteiger partial charge in [0, 0.05) is 50.4 Å². The third-order valence-corrected chi connectivity index (χ3v) is 5.13. The van der Waals surface area contributed by atoms with Crippen LogP contribution in [0.3, 0.4) is 0 Å². The van der Waals surface area contributed by atoms with Crippen LogP contribution < -0.4 is 4.90 Å². The van der Waals surface area contributed by atoms with Crippen LogP contribution in [0.1, 0.15) is 5.69 Å². The second-order valence-corrected chi connectivity index (χ2v) is 7.07. The lowest BCUT2D eigenvalue weighted by Crippen LogP contribution is -2.46. The Bertz CT molecular complexity index is 879. The van der Waals surface area contributed by atoms with Gasteiger partial charge in [-0.05, 0) is 46.3 Å². The molecule has 4 nitrogen and oxygen atoms in total. The molecule has 3 aromatic rings. The van der Waals surface area contributed by atoms with Crippen LogP contribution in [0.4, 0.5) is 10.2 Å². The number of hydrogen-bond donors (Lipinski definition) is 0. The van der Waals surface area contributed by atoms with Gasteiger partial charge in [0.2, 0.25) is 0 Å². The van der Waals surface area contributed by atoms with Crippen LogP contribution in [-0.2, 0) is 6.54 Å². The summed E-state index contributed by atoms with van der Waals surface area (Å²) in [7, 11) is 0. The highest BCUT2D eigenvalue weighted by molar-refractivity contribution is 9.10. The molecule has 4 rings (SSSR count). The first-order chi connectivity index (χ1) is 12.2. The Morgan fingerprint density at radius 2 is 1.88 bits per heavy atom. The van der Waals surface area contributed by atoms with Crippen molar-refractivity contribution in [3.63, 3.8) is 0 Å². The van der Waals surface area contributed by atoms with E-state index in [0.717, 1.165) is 49.6 Å². The zero-order chi connectivity index (χ0) is 17.2. The third-order valence-electron chi connectivity index (χ3n) is 4.52. The molecule has 1 aromatic carbocycles. The quantitative estimate of drug-likeness (QED) is 0.668. The number of hydrogen-bond acceptors (Lipinski definition) is 4. The molecule has 2 aromatic heterocycles. The molecule has 1 saturated heterocycles. The van der Waals surface area contributed by atoms with E-state index in [4.69, 9.17) is 0 Å². The molecule has 0 bridgehead atoms. The van der Waals surface area contributed by atoms with Crippen molar-refractivity contribution in [1.82, 2.24) is 14.9 Å². The minimum absolute atomic E-state index is 0.280. The predicted octanol–water partition coefficient (Wildman–Crippen LogP) is 3.85. The number of rotatable bonds is 3. The van der Waals surface area contributed by atoms with Crippen molar-refractivity contribution in [2.75, 3.05) is 31.1 Å². The van der Waals surface area contributed by atoms with Crippen molar-refractivity contribution >= 4 is 32.7 Å². The summed E-state index contributed by atoms with van der Waals surface area (Å²) >= 11 is 3.22. The van der Waals surface area contributed by atoms with E-state index >= 15 is 0 Å². The third kappa shape index (κ3) is 3.65. The SMILES string of the molecule is Fc1cc2nc(N3CCN(Cc4ccccn4)CC3)ccc2cc1Br. The molecule has 0 aliphatic carbocycles. The van der Waals surface area contributed by atoms with E-state index in [1.54, 1.807) is 6.07 Å². The maximum atomic E-state index is 13.8. The second-order valence-electron chi connectivity index (χ2n) is 6.21. The summed E-state index contributed by atoms with van der Waals surface area (Å²) in [5, 5.41) is 0.936. The molecule has 3 heterocycles. The first kappa shape index (κ1) is 16.4. The van der Waals surface area contributed by atoms with Gasteiger partial charge < -0.3 is 4.90 Å². The average molecular weight is 401 g/mol. The summed E-state index contributed by atoms with van der Waals surface area (Å²) in [5.74, 6) is 0.629. The fourth-order valence-corrected chi connectivity index (χ4v) is 3.50. The van der Waals surface area contributed by atoms with Crippen LogP contribution in [0.15, 0.2) is 53.1 Å². The molecule has 0 N–H and O–H groups in total. The summed E-state index contributed by atoms with van der Waals surface area (Å²) in [6.45, 7) is 4.61. The highest BCUT2D eigenvalue weighted by atomic mass is 79.9. The molecular weight excluding hydrogens is 383 g/mol. The van der Waals surface area contributed by atoms with E-state index in [-0.39, 0.29) is 5.82 Å². The standard InChI is InChI=1S/C19H18BrFN4/c20-16-11-14-4-5-19(23-18(14)12-17(16)21)25-9-7-24(8-10-25)13-15-3-1-2-6-22-15/h1-6,11-12H,7-10,13H2. The lowest BCUT2D eigenvalue weighted by molar-refractivity contribution is 0.246. The molecule has 0 atom stereocenters. The first-order valence-electron chi connectivity index (χ1n) is 8.32. The Balaban J connectivity index is 1.45. The topological polar surface area (TPSA) is 32.3 Å². The monoisotopic (exact) mass is 400 g/mol. The Hall–Kier alpha value is -2.05. The first-order valence-corrected chi connectivity index (χ1v) is 9.11. The van der Waals surface area contributed by atoms with Gasteiger partial charge in [0.05, 0.1) is 15.7 Å². The van der Waals surface area contributed by atoms with Crippen LogP contribution in [-0.4, -0.2) is 41.0 Å². The van der Waals surface area contributed by atoms with Gasteiger partial charge in [-0.2, -0.15) is 0 Å². The number of benzene rings is 1. The van der Waals surface area contributed by atoms with Gasteiger partial charge in [-0.15, -0.1) is 0 Å². The van der Waals surface area contributed by atoms with E-state index in [2.05, 4.69) is 41.8 Å². The Morgan fingerprint density at radius 1 is 1.04 bits per heavy atom. The Kier molecular flexibility index (Phi) is 4.63. The zero-order valence-corrected chi connectivity index (χ0v) is 15.3. The molecule has 0 radical (unpaired) electrons. The predicted molar refractivity (Wildman–Crippen MR) is 101 cm³/mol. The Labute approximate surface area is 154 Å². The molecule has 128 valence electrons. The number of piperazine rings is 1. The van der Waals surface area contributed by atoms with Crippen LogP contribution in [0.25, 0.3) is 10.9 Å². The molecule has 0 saturated carbocycles. The van der Waals surface area contributed by atoms with Crippen molar-refractivity contribution in [3.8, 4) is 0 Å². The van der Waals surface area contributed by atoms with E-state index < -0.39 is 0 Å². The minimum atomic E-state index is -0.280. The number of pyridine rings is 2. The number of aromatic nitrogens is 2. The number of anilines is 1. The molecule has 0 spiro atoms. The van der Waals surface area contributed by atoms with Gasteiger partial charge in [0.15, 0.2) is 0 Å². The van der Waals surface area contributed by atoms with Crippen molar-refractivity contribution in [1.29, 1.82) is 0 Å². The van der Waals surface area contributed by atoms with Crippen molar-refractivity contribution in [3.05, 3.63) is 64.6 Å². The maximum absolute atomic E-state index is 13.8. The van der Waals surface area contributed by atoms with Gasteiger partial charge in [-0.1, -0.05) is 6.07 Å². The smallest absolute Gasteiger partial charge is 0.139 e. The number of halogens is 2. The zero-order valence-electron chi connectivity index (χ0n) is 13.7. The summed E-state index contributed by atoms with van der Waals surface area (Å²) in [6, 6.07) is 13.3. The van der Waals surface area contributed by atoms with Gasteiger partial charge in [-0.25, -0.2) is 9.37 Å². The molecular formula is C19H18BrFN4. The maximum Gasteiger partial charge on any atom is 0.139 e. The second kappa shape index (κ2) is 7.06. The number of fused-ring (bicyclic) bond motifs is 1. The van der Waals surface area contributed by atoms with Crippen molar-refractivity contribution < 1.29 is 4.39 Å². The van der Waals surface area contributed by atoms with E-state index in [1.807, 2.05) is 30.5 Å². The normalized spacial score (nSPS) is 15.7. The summed E-state index contributed by atoms with van der Waals surface area (Å²) in [5.41, 5.74) is 1.79. The largest absolute Gasteiger partial charge is 0.354 e. The van der Waals surface area contributed by atoms with Crippen LogP contribution in [0, 0.1) is 5.82 Å². The minimum Gasteiger partial charge on any atom is -0.354 e. The number of nitrogens with zero attached hydrogens (tertiary/aromatic N) is 4. The van der Waals surface area contributed by atoms with Gasteiger partial charge in [0.1, 0.15) is 11.6 Å². The average Bonchev–Trinajstić information content (AvgIpc) is 2.64. The lowest BCUT2D eigenvalue weighted by atomic mass is 10.2. The molecule has 6 heteroatoms. The summed E-state index contributed by atoms with van der Waals surface area (Å²) < 4.78 is 14.2. The summed E-state index contributed by atoms with van der Waals surface area (Å²) in [4.78, 5) is 13.7. The van der Waals surface area contributed by atoms with Crippen LogP contribution in [0.5, 0.6) is 0 Å². The van der Waals surface area contributed by atoms with Crippen molar-refractivity contribution in [2.24, 2.45) is 0 Å². The fourth-order valence-electron chi connectivity index (χ4n) is 3.14. The van der Waals surface area contributed by atoms with Gasteiger partial charge in [-0.3, -0.25) is 9.88 Å². The molecule has 25 heavy (non-hydrogen) atoms. The molecule has 1 aliphatic heterocycles.